The monoisotopic (exact) mass is 444 g/mol. The second-order valence-corrected chi connectivity index (χ2v) is 7.38. The molecule has 2 amide bonds. The number of hydrogen-bond donors (Lipinski definition) is 2. The first-order chi connectivity index (χ1) is 13.3. The van der Waals surface area contributed by atoms with E-state index in [1.807, 2.05) is 39.1 Å². The van der Waals surface area contributed by atoms with Gasteiger partial charge in [-0.15, -0.1) is 0 Å². The van der Waals surface area contributed by atoms with Crippen LogP contribution >= 0.6 is 15.9 Å². The first-order valence-electron chi connectivity index (χ1n) is 8.63. The summed E-state index contributed by atoms with van der Waals surface area (Å²) < 4.78 is 2.55. The Morgan fingerprint density at radius 2 is 2.00 bits per heavy atom. The van der Waals surface area contributed by atoms with Gasteiger partial charge in [0.2, 0.25) is 5.91 Å². The van der Waals surface area contributed by atoms with E-state index < -0.39 is 0 Å². The number of anilines is 1. The SMILES string of the molecule is Cc1nn(C)c(C)c1-c1cc(C(=O)N(C)CC(=O)Nc2ccccc2Br)[nH]n1. The number of halogens is 1. The number of aromatic amines is 1. The van der Waals surface area contributed by atoms with E-state index in [-0.39, 0.29) is 18.4 Å². The fourth-order valence-corrected chi connectivity index (χ4v) is 3.33. The van der Waals surface area contributed by atoms with E-state index in [2.05, 4.69) is 36.5 Å². The van der Waals surface area contributed by atoms with Crippen molar-refractivity contribution in [3.8, 4) is 11.3 Å². The smallest absolute Gasteiger partial charge is 0.272 e. The maximum Gasteiger partial charge on any atom is 0.272 e. The highest BCUT2D eigenvalue weighted by atomic mass is 79.9. The maximum atomic E-state index is 12.7. The minimum atomic E-state index is -0.319. The number of carbonyl (C=O) groups is 2. The van der Waals surface area contributed by atoms with E-state index >= 15 is 0 Å². The van der Waals surface area contributed by atoms with Gasteiger partial charge in [-0.25, -0.2) is 0 Å². The van der Waals surface area contributed by atoms with E-state index in [9.17, 15) is 9.59 Å². The zero-order valence-electron chi connectivity index (χ0n) is 16.1. The third-order valence-corrected chi connectivity index (χ3v) is 5.14. The van der Waals surface area contributed by atoms with Crippen LogP contribution in [0.4, 0.5) is 5.69 Å². The van der Waals surface area contributed by atoms with E-state index in [1.54, 1.807) is 23.9 Å². The number of H-pyrrole nitrogens is 1. The van der Waals surface area contributed by atoms with E-state index in [0.717, 1.165) is 21.4 Å². The average Bonchev–Trinajstić information content (AvgIpc) is 3.21. The second kappa shape index (κ2) is 7.97. The van der Waals surface area contributed by atoms with Gasteiger partial charge in [0, 0.05) is 29.8 Å². The molecule has 9 heteroatoms. The van der Waals surface area contributed by atoms with E-state index in [4.69, 9.17) is 0 Å². The second-order valence-electron chi connectivity index (χ2n) is 6.53. The van der Waals surface area contributed by atoms with Gasteiger partial charge in [0.1, 0.15) is 5.69 Å². The van der Waals surface area contributed by atoms with E-state index in [0.29, 0.717) is 17.1 Å². The highest BCUT2D eigenvalue weighted by Crippen LogP contribution is 2.25. The van der Waals surface area contributed by atoms with Crippen LogP contribution in [0, 0.1) is 13.8 Å². The third-order valence-electron chi connectivity index (χ3n) is 4.45. The van der Waals surface area contributed by atoms with Gasteiger partial charge >= 0.3 is 0 Å². The first-order valence-corrected chi connectivity index (χ1v) is 9.43. The van der Waals surface area contributed by atoms with Crippen LogP contribution in [0.3, 0.4) is 0 Å². The summed E-state index contributed by atoms with van der Waals surface area (Å²) >= 11 is 3.38. The number of aromatic nitrogens is 4. The van der Waals surface area contributed by atoms with Crippen LogP contribution in [-0.2, 0) is 11.8 Å². The molecule has 1 aromatic carbocycles. The lowest BCUT2D eigenvalue weighted by Gasteiger charge is -2.16. The molecule has 3 aromatic rings. The van der Waals surface area contributed by atoms with Crippen LogP contribution in [0.5, 0.6) is 0 Å². The summed E-state index contributed by atoms with van der Waals surface area (Å²) in [4.78, 5) is 26.3. The summed E-state index contributed by atoms with van der Waals surface area (Å²) in [6.07, 6.45) is 0. The van der Waals surface area contributed by atoms with Crippen LogP contribution in [0.15, 0.2) is 34.8 Å². The summed E-state index contributed by atoms with van der Waals surface area (Å²) in [7, 11) is 3.44. The fraction of sp³-hybridized carbons (Fsp3) is 0.263. The quantitative estimate of drug-likeness (QED) is 0.632. The number of aryl methyl sites for hydroxylation is 2. The first kappa shape index (κ1) is 19.8. The van der Waals surface area contributed by atoms with Gasteiger partial charge in [0.25, 0.3) is 5.91 Å². The summed E-state index contributed by atoms with van der Waals surface area (Å²) in [5, 5.41) is 14.2. The molecule has 2 aromatic heterocycles. The molecular formula is C19H21BrN6O2. The van der Waals surface area contributed by atoms with Gasteiger partial charge in [-0.05, 0) is 48.0 Å². The number of nitrogens with zero attached hydrogens (tertiary/aromatic N) is 4. The van der Waals surface area contributed by atoms with Gasteiger partial charge in [0.15, 0.2) is 0 Å². The molecular weight excluding hydrogens is 424 g/mol. The molecule has 146 valence electrons. The molecule has 0 saturated heterocycles. The zero-order chi connectivity index (χ0) is 20.4. The Labute approximate surface area is 171 Å². The Balaban J connectivity index is 1.69. The Bertz CT molecular complexity index is 1040. The molecule has 2 N–H and O–H groups in total. The molecule has 0 bridgehead atoms. The highest BCUT2D eigenvalue weighted by Gasteiger charge is 2.20. The van der Waals surface area contributed by atoms with Crippen molar-refractivity contribution >= 4 is 33.4 Å². The van der Waals surface area contributed by atoms with Crippen molar-refractivity contribution in [2.75, 3.05) is 18.9 Å². The number of carbonyl (C=O) groups excluding carboxylic acids is 2. The molecule has 0 unspecified atom stereocenters. The topological polar surface area (TPSA) is 95.9 Å². The maximum absolute atomic E-state index is 12.7. The summed E-state index contributed by atoms with van der Waals surface area (Å²) in [5.74, 6) is -0.610. The molecule has 0 radical (unpaired) electrons. The highest BCUT2D eigenvalue weighted by molar-refractivity contribution is 9.10. The molecule has 28 heavy (non-hydrogen) atoms. The van der Waals surface area contributed by atoms with Crippen LogP contribution in [0.25, 0.3) is 11.3 Å². The number of nitrogens with one attached hydrogen (secondary N) is 2. The lowest BCUT2D eigenvalue weighted by molar-refractivity contribution is -0.116. The zero-order valence-corrected chi connectivity index (χ0v) is 17.7. The Kier molecular flexibility index (Phi) is 5.64. The molecule has 0 atom stereocenters. The minimum Gasteiger partial charge on any atom is -0.331 e. The largest absolute Gasteiger partial charge is 0.331 e. The average molecular weight is 445 g/mol. The predicted octanol–water partition coefficient (Wildman–Crippen LogP) is 2.90. The van der Waals surface area contributed by atoms with Crippen molar-refractivity contribution in [1.82, 2.24) is 24.9 Å². The normalized spacial score (nSPS) is 10.8. The number of likely N-dealkylation sites (N-methyl/N-ethyl adjacent to an activating group) is 1. The third kappa shape index (κ3) is 3.99. The van der Waals surface area contributed by atoms with Crippen molar-refractivity contribution in [1.29, 1.82) is 0 Å². The molecule has 3 rings (SSSR count). The van der Waals surface area contributed by atoms with Crippen LogP contribution in [0.2, 0.25) is 0 Å². The van der Waals surface area contributed by atoms with Gasteiger partial charge in [0.05, 0.1) is 23.6 Å². The number of hydrogen-bond acceptors (Lipinski definition) is 4. The molecule has 0 aliphatic heterocycles. The number of para-hydroxylation sites is 1. The number of benzene rings is 1. The molecule has 0 aliphatic carbocycles. The molecule has 8 nitrogen and oxygen atoms in total. The van der Waals surface area contributed by atoms with Crippen molar-refractivity contribution in [2.24, 2.45) is 7.05 Å². The lowest BCUT2D eigenvalue weighted by Crippen LogP contribution is -2.35. The molecule has 0 aliphatic rings. The number of amides is 2. The molecule has 0 saturated carbocycles. The summed E-state index contributed by atoms with van der Waals surface area (Å²) in [5.41, 5.74) is 4.31. The molecule has 0 fully saturated rings. The van der Waals surface area contributed by atoms with Crippen molar-refractivity contribution in [3.63, 3.8) is 0 Å². The summed E-state index contributed by atoms with van der Waals surface area (Å²) in [6, 6.07) is 8.98. The van der Waals surface area contributed by atoms with Crippen LogP contribution < -0.4 is 5.32 Å². The van der Waals surface area contributed by atoms with Gasteiger partial charge in [-0.1, -0.05) is 12.1 Å². The Hall–Kier alpha value is -2.94. The Morgan fingerprint density at radius 1 is 1.29 bits per heavy atom. The van der Waals surface area contributed by atoms with Gasteiger partial charge in [-0.3, -0.25) is 19.4 Å². The lowest BCUT2D eigenvalue weighted by atomic mass is 10.1. The Morgan fingerprint density at radius 3 is 2.64 bits per heavy atom. The van der Waals surface area contributed by atoms with Crippen molar-refractivity contribution in [3.05, 3.63) is 51.9 Å². The van der Waals surface area contributed by atoms with Crippen LogP contribution in [-0.4, -0.2) is 50.3 Å². The number of rotatable bonds is 5. The van der Waals surface area contributed by atoms with Gasteiger partial charge < -0.3 is 10.2 Å². The minimum absolute atomic E-state index is 0.0839. The fourth-order valence-electron chi connectivity index (χ4n) is 2.95. The molecule has 0 spiro atoms. The summed E-state index contributed by atoms with van der Waals surface area (Å²) in [6.45, 7) is 3.76. The van der Waals surface area contributed by atoms with Gasteiger partial charge in [-0.2, -0.15) is 10.2 Å². The van der Waals surface area contributed by atoms with Crippen molar-refractivity contribution < 1.29 is 9.59 Å². The predicted molar refractivity (Wildman–Crippen MR) is 110 cm³/mol. The molecule has 2 heterocycles. The van der Waals surface area contributed by atoms with Crippen LogP contribution in [0.1, 0.15) is 21.9 Å². The van der Waals surface area contributed by atoms with Crippen molar-refractivity contribution in [2.45, 2.75) is 13.8 Å². The van der Waals surface area contributed by atoms with E-state index in [1.165, 1.54) is 4.90 Å². The standard InChI is InChI=1S/C19H21BrN6O2/c1-11-18(12(2)26(4)24-11)15-9-16(23-22-15)19(28)25(3)10-17(27)21-14-8-6-5-7-13(14)20/h5-9H,10H2,1-4H3,(H,21,27)(H,22,23).